The van der Waals surface area contributed by atoms with E-state index in [1.165, 1.54) is 0 Å². The van der Waals surface area contributed by atoms with E-state index in [-0.39, 0.29) is 20.9 Å². The van der Waals surface area contributed by atoms with Gasteiger partial charge in [-0.3, -0.25) is 9.69 Å². The fraction of sp³-hybridized carbons (Fsp3) is 0.500. The van der Waals surface area contributed by atoms with Gasteiger partial charge in [-0.05, 0) is 30.7 Å². The molecule has 6 heteroatoms. The van der Waals surface area contributed by atoms with E-state index in [0.717, 1.165) is 48.1 Å². The summed E-state index contributed by atoms with van der Waals surface area (Å²) in [6.07, 6.45) is 1.04. The van der Waals surface area contributed by atoms with E-state index >= 15 is 0 Å². The Kier molecular flexibility index (Phi) is 4.47. The lowest BCUT2D eigenvalue weighted by Crippen LogP contribution is -2.59. The molecule has 2 aromatic rings. The highest BCUT2D eigenvalue weighted by Crippen LogP contribution is 2.61. The van der Waals surface area contributed by atoms with Gasteiger partial charge in [-0.15, -0.1) is 23.5 Å². The summed E-state index contributed by atoms with van der Waals surface area (Å²) in [6.45, 7) is 7.17. The fourth-order valence-electron chi connectivity index (χ4n) is 5.05. The number of thioether (sulfide) groups is 2. The molecule has 3 heterocycles. The molecule has 3 aliphatic heterocycles. The molecule has 2 aromatic carbocycles. The molecule has 1 unspecified atom stereocenters. The van der Waals surface area contributed by atoms with Crippen molar-refractivity contribution in [2.75, 3.05) is 25.4 Å². The van der Waals surface area contributed by atoms with Gasteiger partial charge >= 0.3 is 0 Å². The molecule has 2 N–H and O–H groups in total. The first-order valence-electron chi connectivity index (χ1n) is 10.0. The van der Waals surface area contributed by atoms with Crippen molar-refractivity contribution >= 4 is 40.2 Å². The van der Waals surface area contributed by atoms with Crippen LogP contribution in [-0.2, 0) is 0 Å². The Morgan fingerprint density at radius 2 is 1.93 bits per heavy atom. The number of fused-ring (bicyclic) bond motifs is 3. The minimum absolute atomic E-state index is 0.0994. The van der Waals surface area contributed by atoms with Gasteiger partial charge in [0, 0.05) is 54.2 Å². The third-order valence-electron chi connectivity index (χ3n) is 6.39. The van der Waals surface area contributed by atoms with Crippen LogP contribution >= 0.6 is 23.5 Å². The zero-order valence-electron chi connectivity index (χ0n) is 16.4. The van der Waals surface area contributed by atoms with Crippen LogP contribution in [-0.4, -0.2) is 62.1 Å². The van der Waals surface area contributed by atoms with Crippen molar-refractivity contribution < 1.29 is 4.79 Å². The predicted octanol–water partition coefficient (Wildman–Crippen LogP) is 3.61. The fourth-order valence-corrected chi connectivity index (χ4v) is 9.23. The van der Waals surface area contributed by atoms with Gasteiger partial charge in [0.1, 0.15) is 4.20 Å². The molecule has 1 spiro atoms. The van der Waals surface area contributed by atoms with E-state index in [9.17, 15) is 4.79 Å². The Morgan fingerprint density at radius 1 is 1.14 bits per heavy atom. The smallest absolute Gasteiger partial charge is 0.254 e. The molecule has 3 fully saturated rings. The first-order valence-corrected chi connectivity index (χ1v) is 11.8. The van der Waals surface area contributed by atoms with Crippen molar-refractivity contribution in [1.29, 1.82) is 0 Å². The molecule has 0 aromatic heterocycles. The van der Waals surface area contributed by atoms with E-state index < -0.39 is 0 Å². The lowest BCUT2D eigenvalue weighted by atomic mass is 9.97. The lowest BCUT2D eigenvalue weighted by Gasteiger charge is -2.44. The maximum atomic E-state index is 13.5. The Morgan fingerprint density at radius 3 is 2.71 bits per heavy atom. The molecule has 28 heavy (non-hydrogen) atoms. The molecule has 3 saturated heterocycles. The molecule has 3 aliphatic rings. The van der Waals surface area contributed by atoms with Crippen molar-refractivity contribution in [3.8, 4) is 0 Å². The quantitative estimate of drug-likeness (QED) is 0.774. The van der Waals surface area contributed by atoms with Crippen molar-refractivity contribution in [1.82, 2.24) is 9.80 Å². The molecule has 0 radical (unpaired) electrons. The average molecular weight is 414 g/mol. The van der Waals surface area contributed by atoms with E-state index in [1.807, 2.05) is 36.0 Å². The molecule has 4 nitrogen and oxygen atoms in total. The first-order chi connectivity index (χ1) is 13.4. The third kappa shape index (κ3) is 2.88. The van der Waals surface area contributed by atoms with Gasteiger partial charge in [0.25, 0.3) is 5.91 Å². The standard InChI is InChI=1S/C22H27N3OS2/c1-21(2)19-13-24(10-11-25(19)22(28-21)12-16(23)14-27-22)20(26)18-9-5-7-15-6-3-4-8-17(15)18/h3-9,16,19H,10-14,23H2,1-2H3/t16-,19-,22?/m1/s1. The van der Waals surface area contributed by atoms with Gasteiger partial charge in [-0.1, -0.05) is 36.4 Å². The van der Waals surface area contributed by atoms with Gasteiger partial charge in [0.05, 0.1) is 0 Å². The predicted molar refractivity (Wildman–Crippen MR) is 120 cm³/mol. The first kappa shape index (κ1) is 18.8. The Hall–Kier alpha value is -1.21. The summed E-state index contributed by atoms with van der Waals surface area (Å²) in [5.41, 5.74) is 7.10. The maximum absolute atomic E-state index is 13.5. The molecule has 5 rings (SSSR count). The number of nitrogens with two attached hydrogens (primary N) is 1. The molecule has 148 valence electrons. The monoisotopic (exact) mass is 413 g/mol. The average Bonchev–Trinajstić information content (AvgIpc) is 3.17. The summed E-state index contributed by atoms with van der Waals surface area (Å²) in [4.78, 5) is 18.2. The summed E-state index contributed by atoms with van der Waals surface area (Å²) in [5.74, 6) is 1.19. The van der Waals surface area contributed by atoms with Gasteiger partial charge in [-0.25, -0.2) is 0 Å². The molecule has 3 atom stereocenters. The third-order valence-corrected chi connectivity index (χ3v) is 9.96. The van der Waals surface area contributed by atoms with Gasteiger partial charge in [-0.2, -0.15) is 0 Å². The Labute approximate surface area is 175 Å². The maximum Gasteiger partial charge on any atom is 0.254 e. The van der Waals surface area contributed by atoms with Crippen LogP contribution in [0.3, 0.4) is 0 Å². The summed E-state index contributed by atoms with van der Waals surface area (Å²) in [6, 6.07) is 14.8. The largest absolute Gasteiger partial charge is 0.336 e. The highest BCUT2D eigenvalue weighted by Gasteiger charge is 2.60. The minimum atomic E-state index is 0.0994. The van der Waals surface area contributed by atoms with E-state index in [2.05, 4.69) is 53.6 Å². The van der Waals surface area contributed by atoms with Crippen molar-refractivity contribution in [2.45, 2.75) is 41.3 Å². The highest BCUT2D eigenvalue weighted by molar-refractivity contribution is 8.19. The minimum Gasteiger partial charge on any atom is -0.336 e. The van der Waals surface area contributed by atoms with Crippen LogP contribution in [0, 0.1) is 0 Å². The number of hydrogen-bond acceptors (Lipinski definition) is 5. The van der Waals surface area contributed by atoms with Crippen molar-refractivity contribution in [3.63, 3.8) is 0 Å². The number of benzene rings is 2. The normalized spacial score (nSPS) is 32.2. The van der Waals surface area contributed by atoms with E-state index in [0.29, 0.717) is 6.04 Å². The van der Waals surface area contributed by atoms with E-state index in [1.54, 1.807) is 0 Å². The SMILES string of the molecule is CC1(C)SC2(C[C@@H](N)CS2)N2CCN(C(=O)c3cccc4ccccc34)C[C@@H]21. The van der Waals surface area contributed by atoms with Crippen molar-refractivity contribution in [3.05, 3.63) is 48.0 Å². The number of amides is 1. The van der Waals surface area contributed by atoms with Crippen LogP contribution in [0.1, 0.15) is 30.6 Å². The van der Waals surface area contributed by atoms with Crippen LogP contribution in [0.15, 0.2) is 42.5 Å². The number of hydrogen-bond donors (Lipinski definition) is 1. The van der Waals surface area contributed by atoms with Crippen LogP contribution < -0.4 is 5.73 Å². The van der Waals surface area contributed by atoms with Crippen LogP contribution in [0.4, 0.5) is 0 Å². The molecule has 0 saturated carbocycles. The summed E-state index contributed by atoms with van der Waals surface area (Å²) < 4.78 is 0.205. The second-order valence-corrected chi connectivity index (χ2v) is 12.2. The van der Waals surface area contributed by atoms with Gasteiger partial charge in [0.15, 0.2) is 0 Å². The van der Waals surface area contributed by atoms with Crippen LogP contribution in [0.5, 0.6) is 0 Å². The second-order valence-electron chi connectivity index (χ2n) is 8.68. The molecule has 0 bridgehead atoms. The second kappa shape index (κ2) is 6.66. The molecule has 1 amide bonds. The lowest BCUT2D eigenvalue weighted by molar-refractivity contribution is 0.0403. The number of carbonyl (C=O) groups excluding carboxylic acids is 1. The zero-order chi connectivity index (χ0) is 19.5. The summed E-state index contributed by atoms with van der Waals surface area (Å²) in [5, 5.41) is 2.17. The number of piperazine rings is 1. The Bertz CT molecular complexity index is 928. The summed E-state index contributed by atoms with van der Waals surface area (Å²) >= 11 is 4.09. The molecular weight excluding hydrogens is 386 g/mol. The number of nitrogens with zero attached hydrogens (tertiary/aromatic N) is 2. The molecular formula is C22H27N3OS2. The van der Waals surface area contributed by atoms with Crippen molar-refractivity contribution in [2.24, 2.45) is 5.73 Å². The van der Waals surface area contributed by atoms with Gasteiger partial charge < -0.3 is 10.6 Å². The van der Waals surface area contributed by atoms with E-state index in [4.69, 9.17) is 5.73 Å². The van der Waals surface area contributed by atoms with Gasteiger partial charge in [0.2, 0.25) is 0 Å². The number of carbonyl (C=O) groups is 1. The Balaban J connectivity index is 1.43. The summed E-state index contributed by atoms with van der Waals surface area (Å²) in [7, 11) is 0. The highest BCUT2D eigenvalue weighted by atomic mass is 32.2. The molecule has 0 aliphatic carbocycles. The number of rotatable bonds is 1. The van der Waals surface area contributed by atoms with Crippen LogP contribution in [0.2, 0.25) is 0 Å². The topological polar surface area (TPSA) is 49.6 Å². The zero-order valence-corrected chi connectivity index (χ0v) is 18.1. The van der Waals surface area contributed by atoms with Crippen LogP contribution in [0.25, 0.3) is 10.8 Å².